The first-order valence-corrected chi connectivity index (χ1v) is 7.13. The Labute approximate surface area is 112 Å². The lowest BCUT2D eigenvalue weighted by Crippen LogP contribution is -2.35. The molecule has 0 saturated carbocycles. The van der Waals surface area contributed by atoms with Gasteiger partial charge in [0.05, 0.1) is 4.88 Å². The average Bonchev–Trinajstić information content (AvgIpc) is 2.93. The number of oxazole rings is 1. The van der Waals surface area contributed by atoms with E-state index in [1.165, 1.54) is 16.8 Å². The zero-order valence-corrected chi connectivity index (χ0v) is 12.2. The summed E-state index contributed by atoms with van der Waals surface area (Å²) in [6.07, 6.45) is 2.56. The van der Waals surface area contributed by atoms with E-state index in [0.717, 1.165) is 24.4 Å². The molecule has 0 unspecified atom stereocenters. The van der Waals surface area contributed by atoms with Crippen molar-refractivity contribution in [3.8, 4) is 10.6 Å². The molecular formula is C14H20N2OS. The second-order valence-corrected chi connectivity index (χ2v) is 6.28. The molecule has 0 spiro atoms. The maximum atomic E-state index is 5.58. The van der Waals surface area contributed by atoms with Gasteiger partial charge in [-0.1, -0.05) is 6.92 Å². The van der Waals surface area contributed by atoms with Crippen LogP contribution in [0, 0.1) is 0 Å². The van der Waals surface area contributed by atoms with Gasteiger partial charge in [-0.2, -0.15) is 0 Å². The fourth-order valence-corrected chi connectivity index (χ4v) is 2.75. The molecule has 3 nitrogen and oxygen atoms in total. The molecule has 2 aromatic rings. The highest BCUT2D eigenvalue weighted by atomic mass is 32.1. The fourth-order valence-electron chi connectivity index (χ4n) is 1.74. The van der Waals surface area contributed by atoms with Crippen molar-refractivity contribution in [1.29, 1.82) is 0 Å². The zero-order chi connectivity index (χ0) is 13.2. The van der Waals surface area contributed by atoms with Crippen LogP contribution in [0.4, 0.5) is 0 Å². The molecule has 18 heavy (non-hydrogen) atoms. The highest BCUT2D eigenvalue weighted by molar-refractivity contribution is 7.13. The Kier molecular flexibility index (Phi) is 3.88. The van der Waals surface area contributed by atoms with Gasteiger partial charge in [0.2, 0.25) is 0 Å². The van der Waals surface area contributed by atoms with Crippen LogP contribution in [-0.4, -0.2) is 10.5 Å². The molecular weight excluding hydrogens is 244 g/mol. The lowest BCUT2D eigenvalue weighted by molar-refractivity contribution is 0.421. The molecule has 1 N–H and O–H groups in total. The summed E-state index contributed by atoms with van der Waals surface area (Å²) in [5, 5.41) is 5.56. The van der Waals surface area contributed by atoms with Crippen molar-refractivity contribution in [2.45, 2.75) is 46.2 Å². The monoisotopic (exact) mass is 264 g/mol. The topological polar surface area (TPSA) is 38.1 Å². The van der Waals surface area contributed by atoms with Gasteiger partial charge in [0.25, 0.3) is 0 Å². The minimum atomic E-state index is 0.0826. The van der Waals surface area contributed by atoms with Gasteiger partial charge in [-0.05, 0) is 44.2 Å². The third-order valence-corrected chi connectivity index (χ3v) is 3.72. The minimum absolute atomic E-state index is 0.0826. The van der Waals surface area contributed by atoms with Crippen LogP contribution in [0.2, 0.25) is 0 Å². The van der Waals surface area contributed by atoms with Crippen molar-refractivity contribution in [2.24, 2.45) is 0 Å². The molecule has 2 heterocycles. The van der Waals surface area contributed by atoms with Crippen LogP contribution in [0.25, 0.3) is 10.6 Å². The molecule has 0 aromatic carbocycles. The van der Waals surface area contributed by atoms with Crippen LogP contribution < -0.4 is 5.32 Å². The van der Waals surface area contributed by atoms with Gasteiger partial charge < -0.3 is 9.73 Å². The smallest absolute Gasteiger partial charge is 0.181 e. The number of nitrogens with zero attached hydrogens (tertiary/aromatic N) is 1. The molecule has 2 rings (SSSR count). The van der Waals surface area contributed by atoms with E-state index in [1.54, 1.807) is 11.3 Å². The molecule has 0 fully saturated rings. The van der Waals surface area contributed by atoms with Gasteiger partial charge in [-0.15, -0.1) is 11.3 Å². The molecule has 4 heteroatoms. The van der Waals surface area contributed by atoms with E-state index in [1.807, 2.05) is 0 Å². The van der Waals surface area contributed by atoms with E-state index in [0.29, 0.717) is 0 Å². The van der Waals surface area contributed by atoms with Crippen molar-refractivity contribution in [3.63, 3.8) is 0 Å². The van der Waals surface area contributed by atoms with Crippen LogP contribution in [-0.2, 0) is 13.0 Å². The number of nitrogens with one attached hydrogen (secondary N) is 1. The van der Waals surface area contributed by atoms with Gasteiger partial charge in [-0.25, -0.2) is 4.98 Å². The minimum Gasteiger partial charge on any atom is -0.442 e. The number of hydrogen-bond donors (Lipinski definition) is 1. The summed E-state index contributed by atoms with van der Waals surface area (Å²) < 4.78 is 5.58. The van der Waals surface area contributed by atoms with Crippen LogP contribution in [0.15, 0.2) is 22.3 Å². The molecule has 0 atom stereocenters. The molecule has 98 valence electrons. The van der Waals surface area contributed by atoms with E-state index in [9.17, 15) is 0 Å². The number of aryl methyl sites for hydroxylation is 1. The molecule has 0 saturated heterocycles. The van der Waals surface area contributed by atoms with Crippen molar-refractivity contribution < 1.29 is 4.42 Å². The Morgan fingerprint density at radius 3 is 2.83 bits per heavy atom. The Morgan fingerprint density at radius 1 is 1.39 bits per heavy atom. The van der Waals surface area contributed by atoms with Crippen molar-refractivity contribution in [1.82, 2.24) is 10.3 Å². The van der Waals surface area contributed by atoms with Crippen LogP contribution >= 0.6 is 11.3 Å². The zero-order valence-electron chi connectivity index (χ0n) is 11.4. The van der Waals surface area contributed by atoms with Gasteiger partial charge in [-0.3, -0.25) is 0 Å². The van der Waals surface area contributed by atoms with Crippen LogP contribution in [0.3, 0.4) is 0 Å². The Balaban J connectivity index is 2.23. The highest BCUT2D eigenvalue weighted by Gasteiger charge is 2.17. The Hall–Kier alpha value is -1.13. The normalized spacial score (nSPS) is 12.0. The lowest BCUT2D eigenvalue weighted by atomic mass is 10.1. The summed E-state index contributed by atoms with van der Waals surface area (Å²) >= 11 is 1.72. The Bertz CT molecular complexity index is 508. The van der Waals surface area contributed by atoms with Gasteiger partial charge in [0.1, 0.15) is 5.69 Å². The second-order valence-electron chi connectivity index (χ2n) is 5.36. The predicted molar refractivity (Wildman–Crippen MR) is 75.8 cm³/mol. The first-order chi connectivity index (χ1) is 8.51. The van der Waals surface area contributed by atoms with Crippen LogP contribution in [0.1, 0.15) is 39.0 Å². The molecule has 2 aromatic heterocycles. The van der Waals surface area contributed by atoms with Crippen molar-refractivity contribution in [2.75, 3.05) is 0 Å². The standard InChI is InChI=1S/C14H20N2OS/c1-5-10-6-7-18-13(10)12-11(15-9-17-12)8-16-14(2,3)4/h6-7,9,16H,5,8H2,1-4H3. The van der Waals surface area contributed by atoms with E-state index in [4.69, 9.17) is 4.42 Å². The Morgan fingerprint density at radius 2 is 2.17 bits per heavy atom. The number of thiophene rings is 1. The second kappa shape index (κ2) is 5.24. The summed E-state index contributed by atoms with van der Waals surface area (Å²) in [4.78, 5) is 5.54. The molecule has 0 aliphatic carbocycles. The van der Waals surface area contributed by atoms with Gasteiger partial charge in [0, 0.05) is 12.1 Å². The number of hydrogen-bond acceptors (Lipinski definition) is 4. The van der Waals surface area contributed by atoms with E-state index >= 15 is 0 Å². The summed E-state index contributed by atoms with van der Waals surface area (Å²) in [6.45, 7) is 9.34. The molecule has 0 amide bonds. The fraction of sp³-hybridized carbons (Fsp3) is 0.500. The maximum absolute atomic E-state index is 5.58. The van der Waals surface area contributed by atoms with E-state index in [2.05, 4.69) is 49.4 Å². The molecule has 0 bridgehead atoms. The number of rotatable bonds is 4. The number of aromatic nitrogens is 1. The average molecular weight is 264 g/mol. The third-order valence-electron chi connectivity index (χ3n) is 2.76. The van der Waals surface area contributed by atoms with Crippen molar-refractivity contribution >= 4 is 11.3 Å². The van der Waals surface area contributed by atoms with Crippen molar-refractivity contribution in [3.05, 3.63) is 29.1 Å². The summed E-state index contributed by atoms with van der Waals surface area (Å²) in [5.41, 5.74) is 2.40. The van der Waals surface area contributed by atoms with Crippen LogP contribution in [0.5, 0.6) is 0 Å². The van der Waals surface area contributed by atoms with Gasteiger partial charge >= 0.3 is 0 Å². The van der Waals surface area contributed by atoms with E-state index < -0.39 is 0 Å². The molecule has 0 radical (unpaired) electrons. The third kappa shape index (κ3) is 3.00. The maximum Gasteiger partial charge on any atom is 0.181 e. The SMILES string of the molecule is CCc1ccsc1-c1ocnc1CNC(C)(C)C. The lowest BCUT2D eigenvalue weighted by Gasteiger charge is -2.19. The quantitative estimate of drug-likeness (QED) is 0.911. The first-order valence-electron chi connectivity index (χ1n) is 6.25. The van der Waals surface area contributed by atoms with Gasteiger partial charge in [0.15, 0.2) is 12.2 Å². The highest BCUT2D eigenvalue weighted by Crippen LogP contribution is 2.32. The summed E-state index contributed by atoms with van der Waals surface area (Å²) in [5.74, 6) is 0.915. The van der Waals surface area contributed by atoms with E-state index in [-0.39, 0.29) is 5.54 Å². The predicted octanol–water partition coefficient (Wildman–Crippen LogP) is 3.85. The first kappa shape index (κ1) is 13.3. The molecule has 0 aliphatic heterocycles. The largest absolute Gasteiger partial charge is 0.442 e. The summed E-state index contributed by atoms with van der Waals surface area (Å²) in [6, 6.07) is 2.16. The molecule has 0 aliphatic rings. The summed E-state index contributed by atoms with van der Waals surface area (Å²) in [7, 11) is 0.